The molecule has 1 fully saturated rings. The number of aldehydes is 1. The summed E-state index contributed by atoms with van der Waals surface area (Å²) in [5.41, 5.74) is 7.51. The number of benzene rings is 1. The van der Waals surface area contributed by atoms with E-state index in [1.165, 1.54) is 19.3 Å². The highest BCUT2D eigenvalue weighted by Gasteiger charge is 2.25. The van der Waals surface area contributed by atoms with E-state index in [1.807, 2.05) is 6.07 Å². The van der Waals surface area contributed by atoms with Gasteiger partial charge in [0.1, 0.15) is 12.0 Å². The molecule has 0 spiro atoms. The predicted octanol–water partition coefficient (Wildman–Crippen LogP) is 4.25. The van der Waals surface area contributed by atoms with Crippen LogP contribution in [0.3, 0.4) is 0 Å². The predicted molar refractivity (Wildman–Crippen MR) is 97.7 cm³/mol. The van der Waals surface area contributed by atoms with Gasteiger partial charge in [0.05, 0.1) is 17.8 Å². The number of carbonyl (C=O) groups excluding carboxylic acids is 1. The van der Waals surface area contributed by atoms with Crippen molar-refractivity contribution in [3.8, 4) is 5.75 Å². The third-order valence-electron chi connectivity index (χ3n) is 4.34. The first-order valence-corrected chi connectivity index (χ1v) is 8.35. The maximum absolute atomic E-state index is 10.6. The van der Waals surface area contributed by atoms with Crippen molar-refractivity contribution in [2.75, 3.05) is 25.9 Å². The van der Waals surface area contributed by atoms with Crippen molar-refractivity contribution in [1.82, 2.24) is 4.90 Å². The maximum Gasteiger partial charge on any atom is 0.125 e. The average Bonchev–Trinajstić information content (AvgIpc) is 2.55. The highest BCUT2D eigenvalue weighted by Crippen LogP contribution is 2.38. The van der Waals surface area contributed by atoms with Crippen LogP contribution in [0.2, 0.25) is 5.02 Å². The van der Waals surface area contributed by atoms with E-state index in [1.54, 1.807) is 13.2 Å². The van der Waals surface area contributed by atoms with Gasteiger partial charge in [-0.3, -0.25) is 4.90 Å². The molecule has 0 aromatic heterocycles. The third-order valence-corrected chi connectivity index (χ3v) is 4.67. The van der Waals surface area contributed by atoms with Gasteiger partial charge in [-0.15, -0.1) is 12.4 Å². The minimum atomic E-state index is 0. The van der Waals surface area contributed by atoms with Crippen LogP contribution in [0.1, 0.15) is 50.1 Å². The van der Waals surface area contributed by atoms with Gasteiger partial charge in [-0.1, -0.05) is 18.0 Å². The molecule has 2 N–H and O–H groups in total. The first kappa shape index (κ1) is 20.1. The maximum atomic E-state index is 10.6. The van der Waals surface area contributed by atoms with Gasteiger partial charge in [-0.05, 0) is 44.8 Å². The largest absolute Gasteiger partial charge is 0.496 e. The van der Waals surface area contributed by atoms with E-state index >= 15 is 0 Å². The lowest BCUT2D eigenvalue weighted by Gasteiger charge is -2.35. The molecule has 0 saturated carbocycles. The number of nitrogen functional groups attached to an aromatic ring is 1. The highest BCUT2D eigenvalue weighted by molar-refractivity contribution is 6.33. The van der Waals surface area contributed by atoms with Crippen LogP contribution in [-0.2, 0) is 4.79 Å². The Morgan fingerprint density at radius 3 is 2.65 bits per heavy atom. The summed E-state index contributed by atoms with van der Waals surface area (Å²) in [7, 11) is 1.66. The second kappa shape index (κ2) is 10.0. The summed E-state index contributed by atoms with van der Waals surface area (Å²) < 4.78 is 5.52. The molecule has 2 rings (SSSR count). The molecule has 0 amide bonds. The van der Waals surface area contributed by atoms with Gasteiger partial charge < -0.3 is 15.3 Å². The Bertz CT molecular complexity index is 506. The molecule has 1 unspecified atom stereocenters. The zero-order chi connectivity index (χ0) is 15.9. The fraction of sp³-hybridized carbons (Fsp3) is 0.588. The molecule has 0 bridgehead atoms. The zero-order valence-corrected chi connectivity index (χ0v) is 15.2. The molecule has 1 saturated heterocycles. The molecule has 1 atom stereocenters. The Hall–Kier alpha value is -0.970. The number of halogens is 2. The lowest BCUT2D eigenvalue weighted by molar-refractivity contribution is -0.108. The number of likely N-dealkylation sites (tertiary alicyclic amines) is 1. The minimum Gasteiger partial charge on any atom is -0.496 e. The number of methoxy groups -OCH3 is 1. The van der Waals surface area contributed by atoms with Gasteiger partial charge in [0, 0.05) is 24.1 Å². The van der Waals surface area contributed by atoms with Gasteiger partial charge in [0.15, 0.2) is 0 Å². The second-order valence-electron chi connectivity index (χ2n) is 5.83. The Labute approximate surface area is 149 Å². The average molecular weight is 361 g/mol. The molecule has 0 radical (unpaired) electrons. The van der Waals surface area contributed by atoms with Crippen molar-refractivity contribution < 1.29 is 9.53 Å². The fourth-order valence-electron chi connectivity index (χ4n) is 3.18. The van der Waals surface area contributed by atoms with Gasteiger partial charge in [-0.2, -0.15) is 0 Å². The van der Waals surface area contributed by atoms with Crippen molar-refractivity contribution in [2.24, 2.45) is 0 Å². The van der Waals surface area contributed by atoms with Crippen LogP contribution in [0, 0.1) is 0 Å². The van der Waals surface area contributed by atoms with Crippen LogP contribution in [0.4, 0.5) is 5.69 Å². The van der Waals surface area contributed by atoms with E-state index < -0.39 is 0 Å². The molecule has 6 heteroatoms. The second-order valence-corrected chi connectivity index (χ2v) is 6.23. The lowest BCUT2D eigenvalue weighted by Crippen LogP contribution is -2.34. The normalized spacial score (nSPS) is 16.4. The number of piperidine rings is 1. The molecular weight excluding hydrogens is 335 g/mol. The topological polar surface area (TPSA) is 55.6 Å². The summed E-state index contributed by atoms with van der Waals surface area (Å²) in [5.74, 6) is 0.781. The molecular formula is C17H26Cl2N2O2. The summed E-state index contributed by atoms with van der Waals surface area (Å²) in [6, 6.07) is 3.96. The van der Waals surface area contributed by atoms with Gasteiger partial charge in [0.2, 0.25) is 0 Å². The zero-order valence-electron chi connectivity index (χ0n) is 13.6. The van der Waals surface area contributed by atoms with Crippen LogP contribution in [0.5, 0.6) is 5.75 Å². The number of ether oxygens (including phenoxy) is 1. The van der Waals surface area contributed by atoms with Crippen LogP contribution in [0.25, 0.3) is 0 Å². The Kier molecular flexibility index (Phi) is 8.74. The molecule has 4 nitrogen and oxygen atoms in total. The molecule has 130 valence electrons. The SMILES string of the molecule is COc1cc(N)c(Cl)cc1C(CCCC=O)N1CCCCC1.Cl. The number of unbranched alkanes of at least 4 members (excludes halogenated alkanes) is 1. The molecule has 1 aliphatic rings. The van der Waals surface area contributed by atoms with E-state index in [4.69, 9.17) is 22.1 Å². The monoisotopic (exact) mass is 360 g/mol. The summed E-state index contributed by atoms with van der Waals surface area (Å²) in [5, 5.41) is 0.563. The smallest absolute Gasteiger partial charge is 0.125 e. The third kappa shape index (κ3) is 5.27. The first-order chi connectivity index (χ1) is 10.7. The summed E-state index contributed by atoms with van der Waals surface area (Å²) in [6.07, 6.45) is 7.10. The Morgan fingerprint density at radius 2 is 2.04 bits per heavy atom. The highest BCUT2D eigenvalue weighted by atomic mass is 35.5. The molecule has 1 aromatic carbocycles. The minimum absolute atomic E-state index is 0. The first-order valence-electron chi connectivity index (χ1n) is 7.98. The Balaban J connectivity index is 0.00000264. The van der Waals surface area contributed by atoms with Crippen molar-refractivity contribution in [1.29, 1.82) is 0 Å². The van der Waals surface area contributed by atoms with Crippen LogP contribution in [-0.4, -0.2) is 31.4 Å². The van der Waals surface area contributed by atoms with Crippen molar-refractivity contribution in [3.63, 3.8) is 0 Å². The quantitative estimate of drug-likeness (QED) is 0.448. The van der Waals surface area contributed by atoms with E-state index in [0.717, 1.165) is 43.5 Å². The number of carbonyl (C=O) groups is 1. The summed E-state index contributed by atoms with van der Waals surface area (Å²) in [6.45, 7) is 2.16. The van der Waals surface area contributed by atoms with E-state index in [9.17, 15) is 4.79 Å². The van der Waals surface area contributed by atoms with Gasteiger partial charge >= 0.3 is 0 Å². The molecule has 1 aliphatic heterocycles. The number of nitrogens with zero attached hydrogens (tertiary/aromatic N) is 1. The van der Waals surface area contributed by atoms with Crippen LogP contribution in [0.15, 0.2) is 12.1 Å². The fourth-order valence-corrected chi connectivity index (χ4v) is 3.35. The molecule has 1 heterocycles. The Morgan fingerprint density at radius 1 is 1.35 bits per heavy atom. The van der Waals surface area contributed by atoms with Gasteiger partial charge in [-0.25, -0.2) is 0 Å². The molecule has 1 aromatic rings. The number of hydrogen-bond donors (Lipinski definition) is 1. The van der Waals surface area contributed by atoms with Crippen molar-refractivity contribution in [2.45, 2.75) is 44.6 Å². The van der Waals surface area contributed by atoms with Crippen LogP contribution < -0.4 is 10.5 Å². The van der Waals surface area contributed by atoms with E-state index in [-0.39, 0.29) is 18.4 Å². The van der Waals surface area contributed by atoms with Crippen molar-refractivity contribution >= 4 is 36.0 Å². The van der Waals surface area contributed by atoms with E-state index in [0.29, 0.717) is 17.1 Å². The van der Waals surface area contributed by atoms with E-state index in [2.05, 4.69) is 4.90 Å². The summed E-state index contributed by atoms with van der Waals surface area (Å²) in [4.78, 5) is 13.1. The number of hydrogen-bond acceptors (Lipinski definition) is 4. The molecule has 0 aliphatic carbocycles. The number of anilines is 1. The van der Waals surface area contributed by atoms with Crippen molar-refractivity contribution in [3.05, 3.63) is 22.7 Å². The molecule has 23 heavy (non-hydrogen) atoms. The van der Waals surface area contributed by atoms with Crippen LogP contribution >= 0.6 is 24.0 Å². The number of nitrogens with two attached hydrogens (primary N) is 1. The lowest BCUT2D eigenvalue weighted by atomic mass is 9.96. The number of rotatable bonds is 7. The standard InChI is InChI=1S/C17H25ClN2O2.ClH/c1-22-17-12-15(19)14(18)11-13(17)16(7-3-6-10-21)20-8-4-2-5-9-20;/h10-12,16H,2-9,19H2,1H3;1H. The van der Waals surface area contributed by atoms with Gasteiger partial charge in [0.25, 0.3) is 0 Å². The summed E-state index contributed by atoms with van der Waals surface area (Å²) >= 11 is 6.23.